The lowest BCUT2D eigenvalue weighted by Crippen LogP contribution is -2.26. The first-order valence-electron chi connectivity index (χ1n) is 6.48. The lowest BCUT2D eigenvalue weighted by Gasteiger charge is -2.18. The fourth-order valence-electron chi connectivity index (χ4n) is 2.72. The molecule has 0 spiro atoms. The van der Waals surface area contributed by atoms with Crippen LogP contribution < -0.4 is 5.32 Å². The molecule has 94 valence electrons. The molecule has 1 saturated carbocycles. The molecule has 1 aliphatic rings. The van der Waals surface area contributed by atoms with Crippen molar-refractivity contribution in [1.82, 2.24) is 5.32 Å². The molecule has 1 aromatic rings. The second-order valence-corrected chi connectivity index (χ2v) is 6.12. The predicted molar refractivity (Wildman–Crippen MR) is 71.1 cm³/mol. The Labute approximate surface area is 104 Å². The van der Waals surface area contributed by atoms with E-state index in [1.807, 2.05) is 6.07 Å². The summed E-state index contributed by atoms with van der Waals surface area (Å²) >= 11 is 0. The maximum Gasteiger partial charge on any atom is 0.120 e. The highest BCUT2D eigenvalue weighted by molar-refractivity contribution is 5.35. The summed E-state index contributed by atoms with van der Waals surface area (Å²) in [5.74, 6) is 0.403. The van der Waals surface area contributed by atoms with E-state index in [-0.39, 0.29) is 0 Å². The van der Waals surface area contributed by atoms with Crippen LogP contribution in [0.5, 0.6) is 5.75 Å². The summed E-state index contributed by atoms with van der Waals surface area (Å²) in [6.07, 6.45) is 3.78. The second-order valence-electron chi connectivity index (χ2n) is 6.12. The molecule has 0 radical (unpaired) electrons. The summed E-state index contributed by atoms with van der Waals surface area (Å²) in [5.41, 5.74) is 2.69. The van der Waals surface area contributed by atoms with Crippen LogP contribution in [0, 0.1) is 12.3 Å². The Balaban J connectivity index is 1.92. The van der Waals surface area contributed by atoms with Crippen molar-refractivity contribution in [3.63, 3.8) is 0 Å². The summed E-state index contributed by atoms with van der Waals surface area (Å²) in [4.78, 5) is 0. The van der Waals surface area contributed by atoms with Gasteiger partial charge in [0, 0.05) is 18.2 Å². The average Bonchev–Trinajstić information content (AvgIpc) is 2.60. The summed E-state index contributed by atoms with van der Waals surface area (Å²) in [7, 11) is 0. The molecule has 0 aliphatic heterocycles. The van der Waals surface area contributed by atoms with Gasteiger partial charge in [-0.1, -0.05) is 31.5 Å². The quantitative estimate of drug-likeness (QED) is 0.839. The van der Waals surface area contributed by atoms with Crippen LogP contribution in [-0.4, -0.2) is 11.1 Å². The number of aromatic hydroxyl groups is 1. The van der Waals surface area contributed by atoms with Gasteiger partial charge in [0.2, 0.25) is 0 Å². The predicted octanol–water partition coefficient (Wildman–Crippen LogP) is 3.37. The first-order chi connectivity index (χ1) is 7.96. The Morgan fingerprint density at radius 3 is 2.82 bits per heavy atom. The van der Waals surface area contributed by atoms with Crippen LogP contribution in [0.1, 0.15) is 44.2 Å². The zero-order valence-corrected chi connectivity index (χ0v) is 11.1. The van der Waals surface area contributed by atoms with Crippen LogP contribution in [0.2, 0.25) is 0 Å². The molecule has 1 aliphatic carbocycles. The van der Waals surface area contributed by atoms with E-state index < -0.39 is 0 Å². The number of hydrogen-bond donors (Lipinski definition) is 2. The van der Waals surface area contributed by atoms with E-state index in [1.54, 1.807) is 6.07 Å². The zero-order chi connectivity index (χ0) is 12.5. The Morgan fingerprint density at radius 1 is 1.41 bits per heavy atom. The van der Waals surface area contributed by atoms with Crippen molar-refractivity contribution in [3.8, 4) is 5.75 Å². The standard InChI is InChI=1S/C15H23NO/c1-11-4-5-14(17)12(8-11)10-16-13-6-7-15(2,3)9-13/h4-5,8,13,16-17H,6-7,9-10H2,1-3H3. The number of hydrogen-bond acceptors (Lipinski definition) is 2. The first-order valence-corrected chi connectivity index (χ1v) is 6.48. The van der Waals surface area contributed by atoms with E-state index in [9.17, 15) is 5.11 Å². The summed E-state index contributed by atoms with van der Waals surface area (Å²) in [5, 5.41) is 13.3. The van der Waals surface area contributed by atoms with Crippen LogP contribution in [0.25, 0.3) is 0 Å². The van der Waals surface area contributed by atoms with Crippen molar-refractivity contribution in [2.75, 3.05) is 0 Å². The normalized spacial score (nSPS) is 22.9. The van der Waals surface area contributed by atoms with Gasteiger partial charge in [-0.25, -0.2) is 0 Å². The number of nitrogens with one attached hydrogen (secondary N) is 1. The van der Waals surface area contributed by atoms with Crippen LogP contribution in [-0.2, 0) is 6.54 Å². The molecular weight excluding hydrogens is 210 g/mol. The van der Waals surface area contributed by atoms with Crippen molar-refractivity contribution >= 4 is 0 Å². The molecule has 0 heterocycles. The van der Waals surface area contributed by atoms with Crippen LogP contribution in [0.4, 0.5) is 0 Å². The van der Waals surface area contributed by atoms with E-state index in [2.05, 4.69) is 32.2 Å². The van der Waals surface area contributed by atoms with Crippen molar-refractivity contribution in [2.24, 2.45) is 5.41 Å². The van der Waals surface area contributed by atoms with Gasteiger partial charge in [-0.15, -0.1) is 0 Å². The number of rotatable bonds is 3. The molecule has 1 unspecified atom stereocenters. The maximum atomic E-state index is 9.77. The van der Waals surface area contributed by atoms with Gasteiger partial charge in [0.25, 0.3) is 0 Å². The SMILES string of the molecule is Cc1ccc(O)c(CNC2CCC(C)(C)C2)c1. The minimum absolute atomic E-state index is 0.403. The van der Waals surface area contributed by atoms with Crippen LogP contribution in [0.15, 0.2) is 18.2 Å². The maximum absolute atomic E-state index is 9.77. The topological polar surface area (TPSA) is 32.3 Å². The highest BCUT2D eigenvalue weighted by Crippen LogP contribution is 2.37. The summed E-state index contributed by atoms with van der Waals surface area (Å²) < 4.78 is 0. The molecule has 1 aromatic carbocycles. The van der Waals surface area contributed by atoms with Gasteiger partial charge in [-0.3, -0.25) is 0 Å². The van der Waals surface area contributed by atoms with E-state index in [0.717, 1.165) is 12.1 Å². The van der Waals surface area contributed by atoms with Gasteiger partial charge in [0.05, 0.1) is 0 Å². The Morgan fingerprint density at radius 2 is 2.18 bits per heavy atom. The van der Waals surface area contributed by atoms with Gasteiger partial charge in [0.15, 0.2) is 0 Å². The molecule has 2 rings (SSSR count). The second kappa shape index (κ2) is 4.69. The first kappa shape index (κ1) is 12.4. The van der Waals surface area contributed by atoms with Gasteiger partial charge in [0.1, 0.15) is 5.75 Å². The molecule has 2 N–H and O–H groups in total. The monoisotopic (exact) mass is 233 g/mol. The van der Waals surface area contributed by atoms with Gasteiger partial charge in [-0.2, -0.15) is 0 Å². The molecule has 2 heteroatoms. The summed E-state index contributed by atoms with van der Waals surface area (Å²) in [6, 6.07) is 6.38. The number of benzene rings is 1. The van der Waals surface area contributed by atoms with Crippen molar-refractivity contribution < 1.29 is 5.11 Å². The largest absolute Gasteiger partial charge is 0.508 e. The third-order valence-electron chi connectivity index (χ3n) is 3.78. The van der Waals surface area contributed by atoms with Crippen molar-refractivity contribution in [3.05, 3.63) is 29.3 Å². The Kier molecular flexibility index (Phi) is 3.43. The lowest BCUT2D eigenvalue weighted by molar-refractivity contribution is 0.363. The third-order valence-corrected chi connectivity index (χ3v) is 3.78. The minimum Gasteiger partial charge on any atom is -0.508 e. The molecule has 17 heavy (non-hydrogen) atoms. The van der Waals surface area contributed by atoms with Crippen LogP contribution >= 0.6 is 0 Å². The molecule has 0 amide bonds. The van der Waals surface area contributed by atoms with Crippen LogP contribution in [0.3, 0.4) is 0 Å². The smallest absolute Gasteiger partial charge is 0.120 e. The van der Waals surface area contributed by atoms with E-state index in [1.165, 1.54) is 24.8 Å². The van der Waals surface area contributed by atoms with E-state index in [4.69, 9.17) is 0 Å². The summed E-state index contributed by atoms with van der Waals surface area (Å²) in [6.45, 7) is 7.49. The highest BCUT2D eigenvalue weighted by Gasteiger charge is 2.30. The van der Waals surface area contributed by atoms with Gasteiger partial charge >= 0.3 is 0 Å². The lowest BCUT2D eigenvalue weighted by atomic mass is 9.92. The fourth-order valence-corrected chi connectivity index (χ4v) is 2.72. The Hall–Kier alpha value is -1.02. The molecule has 0 bridgehead atoms. The highest BCUT2D eigenvalue weighted by atomic mass is 16.3. The number of phenols is 1. The third kappa shape index (κ3) is 3.22. The molecule has 0 aromatic heterocycles. The average molecular weight is 233 g/mol. The fraction of sp³-hybridized carbons (Fsp3) is 0.600. The molecule has 2 nitrogen and oxygen atoms in total. The molecular formula is C15H23NO. The minimum atomic E-state index is 0.403. The molecule has 1 fully saturated rings. The Bertz CT molecular complexity index is 398. The van der Waals surface area contributed by atoms with E-state index in [0.29, 0.717) is 17.2 Å². The molecule has 1 atom stereocenters. The zero-order valence-electron chi connectivity index (χ0n) is 11.1. The molecule has 0 saturated heterocycles. The van der Waals surface area contributed by atoms with E-state index >= 15 is 0 Å². The number of phenolic OH excluding ortho intramolecular Hbond substituents is 1. The van der Waals surface area contributed by atoms with Gasteiger partial charge < -0.3 is 10.4 Å². The van der Waals surface area contributed by atoms with Crippen molar-refractivity contribution in [2.45, 2.75) is 52.6 Å². The van der Waals surface area contributed by atoms with Gasteiger partial charge in [-0.05, 0) is 37.7 Å². The van der Waals surface area contributed by atoms with Crippen molar-refractivity contribution in [1.29, 1.82) is 0 Å². The number of aryl methyl sites for hydroxylation is 1.